The third-order valence-corrected chi connectivity index (χ3v) is 4.10. The highest BCUT2D eigenvalue weighted by Gasteiger charge is 2.24. The number of carbonyl (C=O) groups excluding carboxylic acids is 2. The zero-order chi connectivity index (χ0) is 15.4. The van der Waals surface area contributed by atoms with E-state index in [-0.39, 0.29) is 17.9 Å². The molecule has 1 aromatic carbocycles. The second-order valence-electron chi connectivity index (χ2n) is 5.91. The summed E-state index contributed by atoms with van der Waals surface area (Å²) in [6, 6.07) is 5.79. The summed E-state index contributed by atoms with van der Waals surface area (Å²) in [4.78, 5) is 26.0. The molecule has 1 aliphatic heterocycles. The molecule has 1 aromatic rings. The summed E-state index contributed by atoms with van der Waals surface area (Å²) in [5, 5.41) is 2.74. The Hall–Kier alpha value is -1.84. The minimum atomic E-state index is -0.125. The maximum Gasteiger partial charge on any atom is 0.254 e. The van der Waals surface area contributed by atoms with Crippen LogP contribution in [0.5, 0.6) is 0 Å². The van der Waals surface area contributed by atoms with Gasteiger partial charge in [-0.15, -0.1) is 0 Å². The van der Waals surface area contributed by atoms with Crippen LogP contribution in [-0.2, 0) is 4.79 Å². The maximum absolute atomic E-state index is 12.8. The molecule has 1 fully saturated rings. The summed E-state index contributed by atoms with van der Waals surface area (Å²) >= 11 is 0. The average molecular weight is 288 g/mol. The summed E-state index contributed by atoms with van der Waals surface area (Å²) in [6.45, 7) is 6.35. The van der Waals surface area contributed by atoms with Crippen molar-refractivity contribution >= 4 is 17.5 Å². The van der Waals surface area contributed by atoms with Crippen molar-refractivity contribution in [1.82, 2.24) is 4.90 Å². The highest BCUT2D eigenvalue weighted by Crippen LogP contribution is 2.22. The molecule has 0 bridgehead atoms. The number of nitrogens with one attached hydrogen (secondary N) is 1. The summed E-state index contributed by atoms with van der Waals surface area (Å²) in [7, 11) is 0. The Kier molecular flexibility index (Phi) is 4.99. The number of carbonyl (C=O) groups is 2. The normalized spacial score (nSPS) is 19.0. The van der Waals surface area contributed by atoms with E-state index in [9.17, 15) is 9.59 Å². The Morgan fingerprint density at radius 2 is 2.00 bits per heavy atom. The molecule has 0 aromatic heterocycles. The second kappa shape index (κ2) is 6.74. The number of hydrogen-bond donors (Lipinski definition) is 1. The molecule has 0 radical (unpaired) electrons. The van der Waals surface area contributed by atoms with Gasteiger partial charge in [0.2, 0.25) is 5.91 Å². The predicted octanol–water partition coefficient (Wildman–Crippen LogP) is 3.36. The fourth-order valence-electron chi connectivity index (χ4n) is 2.86. The molecule has 1 atom stereocenters. The molecule has 1 heterocycles. The summed E-state index contributed by atoms with van der Waals surface area (Å²) in [6.07, 6.45) is 4.52. The summed E-state index contributed by atoms with van der Waals surface area (Å²) in [5.41, 5.74) is 2.32. The van der Waals surface area contributed by atoms with Crippen molar-refractivity contribution < 1.29 is 9.59 Å². The quantitative estimate of drug-likeness (QED) is 0.907. The molecule has 2 rings (SSSR count). The van der Waals surface area contributed by atoms with Crippen LogP contribution >= 0.6 is 0 Å². The number of nitrogens with zero attached hydrogens (tertiary/aromatic N) is 1. The minimum absolute atomic E-state index is 0.0779. The van der Waals surface area contributed by atoms with Gasteiger partial charge >= 0.3 is 0 Å². The van der Waals surface area contributed by atoms with Crippen molar-refractivity contribution in [2.75, 3.05) is 11.9 Å². The second-order valence-corrected chi connectivity index (χ2v) is 5.91. The van der Waals surface area contributed by atoms with Crippen LogP contribution in [0.1, 0.15) is 55.5 Å². The van der Waals surface area contributed by atoms with Crippen molar-refractivity contribution in [3.05, 3.63) is 29.3 Å². The van der Waals surface area contributed by atoms with E-state index in [2.05, 4.69) is 12.2 Å². The number of aryl methyl sites for hydroxylation is 1. The zero-order valence-electron chi connectivity index (χ0n) is 13.1. The first-order valence-corrected chi connectivity index (χ1v) is 7.68. The van der Waals surface area contributed by atoms with Gasteiger partial charge in [-0.05, 0) is 44.4 Å². The number of hydrogen-bond acceptors (Lipinski definition) is 2. The smallest absolute Gasteiger partial charge is 0.254 e. The molecular formula is C17H24N2O2. The number of likely N-dealkylation sites (tertiary alicyclic amines) is 1. The average Bonchev–Trinajstić information content (AvgIpc) is 2.64. The Bertz CT molecular complexity index is 540. The van der Waals surface area contributed by atoms with Crippen molar-refractivity contribution in [2.45, 2.75) is 52.5 Å². The molecule has 1 N–H and O–H groups in total. The summed E-state index contributed by atoms with van der Waals surface area (Å²) in [5.74, 6) is -0.0468. The molecule has 1 aliphatic rings. The topological polar surface area (TPSA) is 49.4 Å². The Labute approximate surface area is 126 Å². The van der Waals surface area contributed by atoms with Crippen LogP contribution in [0.25, 0.3) is 0 Å². The number of amides is 2. The molecule has 114 valence electrons. The molecule has 4 nitrogen and oxygen atoms in total. The number of anilines is 1. The van der Waals surface area contributed by atoms with Gasteiger partial charge in [0.05, 0.1) is 0 Å². The van der Waals surface area contributed by atoms with Crippen molar-refractivity contribution in [3.8, 4) is 0 Å². The lowest BCUT2D eigenvalue weighted by Gasteiger charge is -2.28. The van der Waals surface area contributed by atoms with Gasteiger partial charge in [-0.1, -0.05) is 18.9 Å². The van der Waals surface area contributed by atoms with Gasteiger partial charge in [-0.25, -0.2) is 0 Å². The van der Waals surface area contributed by atoms with Gasteiger partial charge in [0.1, 0.15) is 0 Å². The predicted molar refractivity (Wildman–Crippen MR) is 84.4 cm³/mol. The van der Waals surface area contributed by atoms with Gasteiger partial charge in [0, 0.05) is 30.8 Å². The van der Waals surface area contributed by atoms with Crippen LogP contribution in [0.4, 0.5) is 5.69 Å². The van der Waals surface area contributed by atoms with E-state index >= 15 is 0 Å². The van der Waals surface area contributed by atoms with Crippen LogP contribution in [-0.4, -0.2) is 29.3 Å². The van der Waals surface area contributed by atoms with E-state index in [4.69, 9.17) is 0 Å². The van der Waals surface area contributed by atoms with Gasteiger partial charge in [0.15, 0.2) is 0 Å². The molecule has 4 heteroatoms. The molecule has 0 aliphatic carbocycles. The maximum atomic E-state index is 12.8. The van der Waals surface area contributed by atoms with E-state index in [0.717, 1.165) is 24.9 Å². The van der Waals surface area contributed by atoms with E-state index in [1.165, 1.54) is 19.8 Å². The first-order valence-electron chi connectivity index (χ1n) is 7.68. The SMILES string of the molecule is CC(=O)Nc1ccc(C)c(C(=O)N2CCCCCC2C)c1. The molecule has 1 unspecified atom stereocenters. The van der Waals surface area contributed by atoms with Crippen molar-refractivity contribution in [1.29, 1.82) is 0 Å². The van der Waals surface area contributed by atoms with Gasteiger partial charge < -0.3 is 10.2 Å². The monoisotopic (exact) mass is 288 g/mol. The van der Waals surface area contributed by atoms with E-state index in [1.54, 1.807) is 6.07 Å². The van der Waals surface area contributed by atoms with Gasteiger partial charge in [-0.3, -0.25) is 9.59 Å². The van der Waals surface area contributed by atoms with Crippen molar-refractivity contribution in [2.24, 2.45) is 0 Å². The van der Waals surface area contributed by atoms with Crippen LogP contribution in [0.3, 0.4) is 0 Å². The molecular weight excluding hydrogens is 264 g/mol. The number of rotatable bonds is 2. The Morgan fingerprint density at radius 1 is 1.24 bits per heavy atom. The highest BCUT2D eigenvalue weighted by atomic mass is 16.2. The fraction of sp³-hybridized carbons (Fsp3) is 0.529. The molecule has 0 spiro atoms. The minimum Gasteiger partial charge on any atom is -0.336 e. The first kappa shape index (κ1) is 15.5. The van der Waals surface area contributed by atoms with Crippen LogP contribution in [0.2, 0.25) is 0 Å². The third-order valence-electron chi connectivity index (χ3n) is 4.10. The first-order chi connectivity index (χ1) is 9.99. The fourth-order valence-corrected chi connectivity index (χ4v) is 2.86. The molecule has 1 saturated heterocycles. The lowest BCUT2D eigenvalue weighted by atomic mass is 10.0. The van der Waals surface area contributed by atoms with E-state index in [1.807, 2.05) is 24.0 Å². The highest BCUT2D eigenvalue weighted by molar-refractivity contribution is 5.98. The van der Waals surface area contributed by atoms with Crippen LogP contribution in [0.15, 0.2) is 18.2 Å². The molecule has 2 amide bonds. The molecule has 0 saturated carbocycles. The van der Waals surface area contributed by atoms with E-state index < -0.39 is 0 Å². The van der Waals surface area contributed by atoms with Crippen LogP contribution in [0, 0.1) is 6.92 Å². The van der Waals surface area contributed by atoms with Gasteiger partial charge in [-0.2, -0.15) is 0 Å². The lowest BCUT2D eigenvalue weighted by Crippen LogP contribution is -2.38. The standard InChI is InChI=1S/C17H24N2O2/c1-12-8-9-15(18-14(3)20)11-16(12)17(21)19-10-6-4-5-7-13(19)2/h8-9,11,13H,4-7,10H2,1-3H3,(H,18,20). The van der Waals surface area contributed by atoms with E-state index in [0.29, 0.717) is 11.3 Å². The van der Waals surface area contributed by atoms with Crippen molar-refractivity contribution in [3.63, 3.8) is 0 Å². The third kappa shape index (κ3) is 3.84. The Morgan fingerprint density at radius 3 is 2.71 bits per heavy atom. The largest absolute Gasteiger partial charge is 0.336 e. The number of benzene rings is 1. The van der Waals surface area contributed by atoms with Crippen LogP contribution < -0.4 is 5.32 Å². The summed E-state index contributed by atoms with van der Waals surface area (Å²) < 4.78 is 0. The lowest BCUT2D eigenvalue weighted by molar-refractivity contribution is -0.114. The Balaban J connectivity index is 2.26. The van der Waals surface area contributed by atoms with Gasteiger partial charge in [0.25, 0.3) is 5.91 Å². The molecule has 21 heavy (non-hydrogen) atoms. The zero-order valence-corrected chi connectivity index (χ0v) is 13.1.